The molecule has 1 aliphatic rings. The van der Waals surface area contributed by atoms with E-state index in [9.17, 15) is 14.7 Å². The standard InChI is InChI=1S/C26H36N4O5/c1-18(2)34-26(33)30-13-10-23(11-14-30)35-24-15-20(9-12-28-24)25(32)29-17-22(31)8-7-19-5-3-4-6-21(19)16-27/h3-6,9,12,15,18,22-23,31H,7-8,10-11,13-14,16-17,27H2,1-2H3,(H,29,32). The first-order valence-electron chi connectivity index (χ1n) is 12.2. The number of carbonyl (C=O) groups is 2. The molecule has 2 amide bonds. The van der Waals surface area contributed by atoms with Gasteiger partial charge in [0.2, 0.25) is 5.88 Å². The summed E-state index contributed by atoms with van der Waals surface area (Å²) in [5, 5.41) is 13.1. The average Bonchev–Trinajstić information content (AvgIpc) is 2.86. The van der Waals surface area contributed by atoms with E-state index >= 15 is 0 Å². The number of aromatic nitrogens is 1. The summed E-state index contributed by atoms with van der Waals surface area (Å²) in [6.45, 7) is 5.35. The Labute approximate surface area is 206 Å². The summed E-state index contributed by atoms with van der Waals surface area (Å²) in [6.07, 6.45) is 2.83. The number of pyridine rings is 1. The molecule has 0 bridgehead atoms. The number of aliphatic hydroxyl groups excluding tert-OH is 1. The van der Waals surface area contributed by atoms with Crippen LogP contribution in [0, 0.1) is 0 Å². The highest BCUT2D eigenvalue weighted by Crippen LogP contribution is 2.19. The van der Waals surface area contributed by atoms with Gasteiger partial charge in [-0.1, -0.05) is 24.3 Å². The number of hydrogen-bond donors (Lipinski definition) is 3. The number of hydrogen-bond acceptors (Lipinski definition) is 7. The second kappa shape index (κ2) is 13.1. The number of nitrogens with zero attached hydrogens (tertiary/aromatic N) is 2. The van der Waals surface area contributed by atoms with E-state index in [0.717, 1.165) is 11.1 Å². The fraction of sp³-hybridized carbons (Fsp3) is 0.500. The van der Waals surface area contributed by atoms with Crippen LogP contribution in [-0.4, -0.2) is 64.9 Å². The van der Waals surface area contributed by atoms with E-state index < -0.39 is 6.10 Å². The maximum atomic E-state index is 12.6. The number of carbonyl (C=O) groups excluding carboxylic acids is 2. The maximum absolute atomic E-state index is 12.6. The lowest BCUT2D eigenvalue weighted by Crippen LogP contribution is -2.42. The van der Waals surface area contributed by atoms with Gasteiger partial charge < -0.3 is 30.5 Å². The average molecular weight is 485 g/mol. The van der Waals surface area contributed by atoms with E-state index in [2.05, 4.69) is 10.3 Å². The summed E-state index contributed by atoms with van der Waals surface area (Å²) in [5.41, 5.74) is 8.35. The number of amides is 2. The molecule has 1 aliphatic heterocycles. The van der Waals surface area contributed by atoms with Gasteiger partial charge in [0.15, 0.2) is 0 Å². The molecule has 2 aromatic rings. The molecule has 1 atom stereocenters. The van der Waals surface area contributed by atoms with Gasteiger partial charge in [0.25, 0.3) is 5.91 Å². The van der Waals surface area contributed by atoms with Crippen molar-refractivity contribution in [1.82, 2.24) is 15.2 Å². The van der Waals surface area contributed by atoms with Gasteiger partial charge in [-0.15, -0.1) is 0 Å². The topological polar surface area (TPSA) is 127 Å². The highest BCUT2D eigenvalue weighted by molar-refractivity contribution is 5.94. The first-order chi connectivity index (χ1) is 16.9. The molecular weight excluding hydrogens is 448 g/mol. The lowest BCUT2D eigenvalue weighted by atomic mass is 10.0. The van der Waals surface area contributed by atoms with E-state index in [1.54, 1.807) is 17.0 Å². The molecule has 9 heteroatoms. The number of ether oxygens (including phenoxy) is 2. The molecule has 1 saturated heterocycles. The number of nitrogens with one attached hydrogen (secondary N) is 1. The van der Waals surface area contributed by atoms with E-state index in [1.165, 1.54) is 6.20 Å². The number of aliphatic hydroxyl groups is 1. The van der Waals surface area contributed by atoms with Crippen LogP contribution in [0.5, 0.6) is 5.88 Å². The Hall–Kier alpha value is -3.17. The molecule has 1 aromatic carbocycles. The molecule has 9 nitrogen and oxygen atoms in total. The Balaban J connectivity index is 1.43. The molecule has 0 saturated carbocycles. The van der Waals surface area contributed by atoms with Crippen molar-refractivity contribution in [3.63, 3.8) is 0 Å². The molecule has 1 unspecified atom stereocenters. The van der Waals surface area contributed by atoms with Crippen LogP contribution < -0.4 is 15.8 Å². The van der Waals surface area contributed by atoms with Crippen LogP contribution in [0.1, 0.15) is 54.6 Å². The van der Waals surface area contributed by atoms with Crippen LogP contribution in [0.25, 0.3) is 0 Å². The third-order valence-corrected chi connectivity index (χ3v) is 5.90. The molecule has 2 heterocycles. The molecular formula is C26H36N4O5. The minimum Gasteiger partial charge on any atom is -0.474 e. The van der Waals surface area contributed by atoms with Crippen LogP contribution >= 0.6 is 0 Å². The highest BCUT2D eigenvalue weighted by Gasteiger charge is 2.25. The van der Waals surface area contributed by atoms with Crippen molar-refractivity contribution >= 4 is 12.0 Å². The number of nitrogens with two attached hydrogens (primary N) is 1. The van der Waals surface area contributed by atoms with Crippen molar-refractivity contribution in [1.29, 1.82) is 0 Å². The smallest absolute Gasteiger partial charge is 0.410 e. The summed E-state index contributed by atoms with van der Waals surface area (Å²) in [6, 6.07) is 11.1. The molecule has 1 aromatic heterocycles. The van der Waals surface area contributed by atoms with Crippen LogP contribution in [-0.2, 0) is 17.7 Å². The Morgan fingerprint density at radius 1 is 1.20 bits per heavy atom. The Morgan fingerprint density at radius 2 is 1.91 bits per heavy atom. The summed E-state index contributed by atoms with van der Waals surface area (Å²) in [7, 11) is 0. The van der Waals surface area contributed by atoms with Crippen LogP contribution in [0.4, 0.5) is 4.79 Å². The third-order valence-electron chi connectivity index (χ3n) is 5.90. The molecule has 0 aliphatic carbocycles. The number of rotatable bonds is 10. The highest BCUT2D eigenvalue weighted by atomic mass is 16.6. The summed E-state index contributed by atoms with van der Waals surface area (Å²) >= 11 is 0. The minimum absolute atomic E-state index is 0.0952. The van der Waals surface area contributed by atoms with Crippen LogP contribution in [0.15, 0.2) is 42.6 Å². The summed E-state index contributed by atoms with van der Waals surface area (Å²) in [4.78, 5) is 30.5. The number of benzene rings is 1. The quantitative estimate of drug-likeness (QED) is 0.473. The minimum atomic E-state index is -0.671. The van der Waals surface area contributed by atoms with E-state index in [4.69, 9.17) is 15.2 Å². The molecule has 4 N–H and O–H groups in total. The van der Waals surface area contributed by atoms with Crippen molar-refractivity contribution in [2.75, 3.05) is 19.6 Å². The Kier molecular flexibility index (Phi) is 9.86. The van der Waals surface area contributed by atoms with Gasteiger partial charge in [0, 0.05) is 56.8 Å². The van der Waals surface area contributed by atoms with E-state index in [0.29, 0.717) is 56.8 Å². The zero-order valence-electron chi connectivity index (χ0n) is 20.5. The van der Waals surface area contributed by atoms with Gasteiger partial charge in [0.05, 0.1) is 12.2 Å². The predicted octanol–water partition coefficient (Wildman–Crippen LogP) is 2.65. The third kappa shape index (κ3) is 8.22. The van der Waals surface area contributed by atoms with Gasteiger partial charge in [-0.05, 0) is 43.9 Å². The second-order valence-electron chi connectivity index (χ2n) is 8.99. The van der Waals surface area contributed by atoms with Crippen molar-refractivity contribution in [3.05, 3.63) is 59.3 Å². The van der Waals surface area contributed by atoms with Gasteiger partial charge in [-0.3, -0.25) is 4.79 Å². The molecule has 1 fully saturated rings. The summed E-state index contributed by atoms with van der Waals surface area (Å²) < 4.78 is 11.2. The monoisotopic (exact) mass is 484 g/mol. The van der Waals surface area contributed by atoms with E-state index in [-0.39, 0.29) is 30.8 Å². The van der Waals surface area contributed by atoms with E-state index in [1.807, 2.05) is 38.1 Å². The Bertz CT molecular complexity index is 976. The summed E-state index contributed by atoms with van der Waals surface area (Å²) in [5.74, 6) is 0.0599. The first-order valence-corrected chi connectivity index (χ1v) is 12.2. The lowest BCUT2D eigenvalue weighted by Gasteiger charge is -2.31. The molecule has 190 valence electrons. The predicted molar refractivity (Wildman–Crippen MR) is 132 cm³/mol. The number of aryl methyl sites for hydroxylation is 1. The fourth-order valence-electron chi connectivity index (χ4n) is 3.96. The zero-order chi connectivity index (χ0) is 25.2. The van der Waals surface area contributed by atoms with Gasteiger partial charge in [0.1, 0.15) is 6.10 Å². The number of piperidine rings is 1. The molecule has 3 rings (SSSR count). The zero-order valence-corrected chi connectivity index (χ0v) is 20.5. The van der Waals surface area contributed by atoms with Crippen LogP contribution in [0.2, 0.25) is 0 Å². The lowest BCUT2D eigenvalue weighted by molar-refractivity contribution is 0.0506. The largest absolute Gasteiger partial charge is 0.474 e. The van der Waals surface area contributed by atoms with Gasteiger partial charge in [-0.2, -0.15) is 0 Å². The van der Waals surface area contributed by atoms with Crippen molar-refractivity contribution in [3.8, 4) is 5.88 Å². The Morgan fingerprint density at radius 3 is 2.60 bits per heavy atom. The van der Waals surface area contributed by atoms with Crippen molar-refractivity contribution in [2.24, 2.45) is 5.73 Å². The number of likely N-dealkylation sites (tertiary alicyclic amines) is 1. The van der Waals surface area contributed by atoms with Crippen LogP contribution in [0.3, 0.4) is 0 Å². The van der Waals surface area contributed by atoms with Gasteiger partial charge >= 0.3 is 6.09 Å². The fourth-order valence-corrected chi connectivity index (χ4v) is 3.96. The second-order valence-corrected chi connectivity index (χ2v) is 8.99. The van der Waals surface area contributed by atoms with Crippen molar-refractivity contribution < 1.29 is 24.2 Å². The first kappa shape index (κ1) is 26.4. The SMILES string of the molecule is CC(C)OC(=O)N1CCC(Oc2cc(C(=O)NCC(O)CCc3ccccc3CN)ccn2)CC1. The molecule has 35 heavy (non-hydrogen) atoms. The molecule has 0 spiro atoms. The van der Waals surface area contributed by atoms with Gasteiger partial charge in [-0.25, -0.2) is 9.78 Å². The molecule has 0 radical (unpaired) electrons. The maximum Gasteiger partial charge on any atom is 0.410 e. The van der Waals surface area contributed by atoms with Crippen molar-refractivity contribution in [2.45, 2.75) is 64.4 Å². The normalized spacial score (nSPS) is 15.1.